The van der Waals surface area contributed by atoms with Crippen molar-refractivity contribution in [2.45, 2.75) is 26.8 Å². The topological polar surface area (TPSA) is 65.9 Å². The Kier molecular flexibility index (Phi) is 5.44. The molecular weight excluding hydrogens is 212 g/mol. The summed E-state index contributed by atoms with van der Waals surface area (Å²) in [6.07, 6.45) is 0.551. The van der Waals surface area contributed by atoms with Crippen molar-refractivity contribution in [1.82, 2.24) is 9.88 Å². The molecule has 0 radical (unpaired) electrons. The first-order chi connectivity index (χ1) is 8.11. The molecule has 4 heteroatoms. The second kappa shape index (κ2) is 6.87. The number of hydrogen-bond donors (Lipinski definition) is 1. The number of pyridine rings is 1. The zero-order chi connectivity index (χ0) is 12.7. The highest BCUT2D eigenvalue weighted by atomic mass is 15.1. The summed E-state index contributed by atoms with van der Waals surface area (Å²) in [6, 6.07) is 7.85. The zero-order valence-electron chi connectivity index (χ0n) is 10.6. The summed E-state index contributed by atoms with van der Waals surface area (Å²) < 4.78 is 0. The third-order valence-corrected chi connectivity index (χ3v) is 2.38. The highest BCUT2D eigenvalue weighted by molar-refractivity contribution is 5.28. The van der Waals surface area contributed by atoms with Gasteiger partial charge in [-0.2, -0.15) is 5.26 Å². The van der Waals surface area contributed by atoms with Crippen LogP contribution in [0.15, 0.2) is 18.2 Å². The molecule has 1 aromatic rings. The van der Waals surface area contributed by atoms with Crippen molar-refractivity contribution in [3.63, 3.8) is 0 Å². The Hall–Kier alpha value is -1.60. The Balaban J connectivity index is 2.61. The molecule has 1 heterocycles. The SMILES string of the molecule is CC(C)CN(CCC#N)Cc1cccc(N)n1. The van der Waals surface area contributed by atoms with Gasteiger partial charge in [0.05, 0.1) is 11.8 Å². The molecule has 0 fully saturated rings. The number of nitrogen functional groups attached to an aromatic ring is 1. The number of hydrogen-bond acceptors (Lipinski definition) is 4. The van der Waals surface area contributed by atoms with Crippen LogP contribution in [0.5, 0.6) is 0 Å². The molecule has 92 valence electrons. The van der Waals surface area contributed by atoms with Crippen LogP contribution < -0.4 is 5.73 Å². The van der Waals surface area contributed by atoms with E-state index in [1.807, 2.05) is 12.1 Å². The molecule has 0 aliphatic carbocycles. The molecule has 17 heavy (non-hydrogen) atoms. The van der Waals surface area contributed by atoms with Crippen molar-refractivity contribution in [2.75, 3.05) is 18.8 Å². The Bertz CT molecular complexity index is 381. The van der Waals surface area contributed by atoms with Crippen LogP contribution in [0, 0.1) is 17.2 Å². The van der Waals surface area contributed by atoms with E-state index in [4.69, 9.17) is 11.0 Å². The van der Waals surface area contributed by atoms with Gasteiger partial charge in [-0.3, -0.25) is 4.90 Å². The van der Waals surface area contributed by atoms with Gasteiger partial charge in [0.1, 0.15) is 5.82 Å². The Morgan fingerprint density at radius 2 is 2.24 bits per heavy atom. The van der Waals surface area contributed by atoms with Gasteiger partial charge in [0.2, 0.25) is 0 Å². The average molecular weight is 232 g/mol. The predicted molar refractivity (Wildman–Crippen MR) is 69.0 cm³/mol. The molecule has 4 nitrogen and oxygen atoms in total. The first-order valence-electron chi connectivity index (χ1n) is 5.92. The lowest BCUT2D eigenvalue weighted by Crippen LogP contribution is -2.28. The van der Waals surface area contributed by atoms with Gasteiger partial charge < -0.3 is 5.73 Å². The minimum Gasteiger partial charge on any atom is -0.384 e. The molecule has 0 spiro atoms. The van der Waals surface area contributed by atoms with E-state index in [1.54, 1.807) is 6.07 Å². The fourth-order valence-electron chi connectivity index (χ4n) is 1.77. The molecule has 2 N–H and O–H groups in total. The Morgan fingerprint density at radius 1 is 1.47 bits per heavy atom. The van der Waals surface area contributed by atoms with Crippen molar-refractivity contribution in [3.05, 3.63) is 23.9 Å². The van der Waals surface area contributed by atoms with E-state index in [-0.39, 0.29) is 0 Å². The van der Waals surface area contributed by atoms with Crippen LogP contribution in [-0.4, -0.2) is 23.0 Å². The van der Waals surface area contributed by atoms with E-state index in [1.165, 1.54) is 0 Å². The molecule has 0 unspecified atom stereocenters. The maximum Gasteiger partial charge on any atom is 0.123 e. The molecule has 1 rings (SSSR count). The number of nitrogens with zero attached hydrogens (tertiary/aromatic N) is 3. The highest BCUT2D eigenvalue weighted by Crippen LogP contribution is 2.07. The van der Waals surface area contributed by atoms with E-state index in [0.29, 0.717) is 18.2 Å². The lowest BCUT2D eigenvalue weighted by Gasteiger charge is -2.22. The number of anilines is 1. The summed E-state index contributed by atoms with van der Waals surface area (Å²) in [5, 5.41) is 8.65. The predicted octanol–water partition coefficient (Wildman–Crippen LogP) is 2.04. The standard InChI is InChI=1S/C13H20N4/c1-11(2)9-17(8-4-7-14)10-12-5-3-6-13(15)16-12/h3,5-6,11H,4,8-10H2,1-2H3,(H2,15,16). The van der Waals surface area contributed by atoms with Gasteiger partial charge in [0, 0.05) is 26.1 Å². The van der Waals surface area contributed by atoms with Crippen molar-refractivity contribution < 1.29 is 0 Å². The van der Waals surface area contributed by atoms with Crippen molar-refractivity contribution in [2.24, 2.45) is 5.92 Å². The van der Waals surface area contributed by atoms with E-state index in [2.05, 4.69) is 29.8 Å². The summed E-state index contributed by atoms with van der Waals surface area (Å²) in [7, 11) is 0. The smallest absolute Gasteiger partial charge is 0.123 e. The van der Waals surface area contributed by atoms with Crippen LogP contribution in [0.4, 0.5) is 5.82 Å². The third-order valence-electron chi connectivity index (χ3n) is 2.38. The van der Waals surface area contributed by atoms with Gasteiger partial charge in [-0.05, 0) is 18.1 Å². The molecule has 0 saturated heterocycles. The maximum absolute atomic E-state index is 8.65. The average Bonchev–Trinajstić information content (AvgIpc) is 2.25. The van der Waals surface area contributed by atoms with E-state index < -0.39 is 0 Å². The molecule has 0 aliphatic rings. The third kappa shape index (κ3) is 5.32. The second-order valence-corrected chi connectivity index (χ2v) is 4.59. The maximum atomic E-state index is 8.65. The second-order valence-electron chi connectivity index (χ2n) is 4.59. The fourth-order valence-corrected chi connectivity index (χ4v) is 1.77. The van der Waals surface area contributed by atoms with Crippen molar-refractivity contribution in [3.8, 4) is 6.07 Å². The number of rotatable bonds is 6. The van der Waals surface area contributed by atoms with E-state index >= 15 is 0 Å². The quantitative estimate of drug-likeness (QED) is 0.815. The van der Waals surface area contributed by atoms with Gasteiger partial charge >= 0.3 is 0 Å². The number of nitrogens with two attached hydrogens (primary N) is 1. The van der Waals surface area contributed by atoms with E-state index in [0.717, 1.165) is 25.3 Å². The van der Waals surface area contributed by atoms with Crippen LogP contribution in [0.3, 0.4) is 0 Å². The van der Waals surface area contributed by atoms with E-state index in [9.17, 15) is 0 Å². The van der Waals surface area contributed by atoms with Gasteiger partial charge in [-0.1, -0.05) is 19.9 Å². The number of aromatic nitrogens is 1. The minimum atomic E-state index is 0.548. The van der Waals surface area contributed by atoms with Gasteiger partial charge in [-0.25, -0.2) is 4.98 Å². The largest absolute Gasteiger partial charge is 0.384 e. The molecule has 0 saturated carbocycles. The van der Waals surface area contributed by atoms with Gasteiger partial charge in [-0.15, -0.1) is 0 Å². The first kappa shape index (κ1) is 13.5. The molecule has 1 aromatic heterocycles. The molecular formula is C13H20N4. The summed E-state index contributed by atoms with van der Waals surface area (Å²) in [5.41, 5.74) is 6.62. The monoisotopic (exact) mass is 232 g/mol. The van der Waals surface area contributed by atoms with Crippen LogP contribution in [0.1, 0.15) is 26.0 Å². The summed E-state index contributed by atoms with van der Waals surface area (Å²) >= 11 is 0. The van der Waals surface area contributed by atoms with Crippen molar-refractivity contribution in [1.29, 1.82) is 5.26 Å². The fraction of sp³-hybridized carbons (Fsp3) is 0.538. The zero-order valence-corrected chi connectivity index (χ0v) is 10.6. The summed E-state index contributed by atoms with van der Waals surface area (Å²) in [5.74, 6) is 1.13. The lowest BCUT2D eigenvalue weighted by molar-refractivity contribution is 0.239. The minimum absolute atomic E-state index is 0.548. The summed E-state index contributed by atoms with van der Waals surface area (Å²) in [6.45, 7) is 6.85. The summed E-state index contributed by atoms with van der Waals surface area (Å²) in [4.78, 5) is 6.53. The normalized spacial score (nSPS) is 10.8. The molecule has 0 bridgehead atoms. The number of nitriles is 1. The highest BCUT2D eigenvalue weighted by Gasteiger charge is 2.08. The van der Waals surface area contributed by atoms with Crippen LogP contribution >= 0.6 is 0 Å². The van der Waals surface area contributed by atoms with Crippen LogP contribution in [0.25, 0.3) is 0 Å². The van der Waals surface area contributed by atoms with Crippen LogP contribution in [-0.2, 0) is 6.54 Å². The molecule has 0 aliphatic heterocycles. The molecule has 0 atom stereocenters. The Morgan fingerprint density at radius 3 is 2.82 bits per heavy atom. The van der Waals surface area contributed by atoms with Gasteiger partial charge in [0.25, 0.3) is 0 Å². The van der Waals surface area contributed by atoms with Gasteiger partial charge in [0.15, 0.2) is 0 Å². The lowest BCUT2D eigenvalue weighted by atomic mass is 10.2. The Labute approximate surface area is 103 Å². The first-order valence-corrected chi connectivity index (χ1v) is 5.92. The molecule has 0 amide bonds. The van der Waals surface area contributed by atoms with Crippen molar-refractivity contribution >= 4 is 5.82 Å². The molecule has 0 aromatic carbocycles. The van der Waals surface area contributed by atoms with Crippen LogP contribution in [0.2, 0.25) is 0 Å².